The van der Waals surface area contributed by atoms with Gasteiger partial charge in [0.25, 0.3) is 5.91 Å². The molecular formula is C6H9N3O3. The number of carbonyl (C=O) groups excluding carboxylic acids is 1. The molecule has 6 heteroatoms. The van der Waals surface area contributed by atoms with Crippen molar-refractivity contribution in [2.24, 2.45) is 10.3 Å². The van der Waals surface area contributed by atoms with Crippen molar-refractivity contribution in [2.45, 2.75) is 6.92 Å². The first-order chi connectivity index (χ1) is 5.70. The number of hydrazone groups is 1. The average Bonchev–Trinajstić information content (AvgIpc) is 2.29. The quantitative estimate of drug-likeness (QED) is 0.414. The molecule has 0 aromatic rings. The lowest BCUT2D eigenvalue weighted by molar-refractivity contribution is -0.123. The minimum Gasteiger partial charge on any atom is -0.410 e. The molecule has 0 aromatic heterocycles. The van der Waals surface area contributed by atoms with Crippen LogP contribution in [0, 0.1) is 0 Å². The Morgan fingerprint density at radius 1 is 1.67 bits per heavy atom. The Hall–Kier alpha value is -1.43. The molecule has 0 radical (unpaired) electrons. The number of aliphatic hydroxyl groups is 1. The fourth-order valence-corrected chi connectivity index (χ4v) is 0.912. The third kappa shape index (κ3) is 1.28. The molecule has 6 nitrogen and oxygen atoms in total. The van der Waals surface area contributed by atoms with Gasteiger partial charge in [0.2, 0.25) is 0 Å². The van der Waals surface area contributed by atoms with Gasteiger partial charge in [-0.1, -0.05) is 5.16 Å². The maximum atomic E-state index is 11.1. The van der Waals surface area contributed by atoms with Crippen LogP contribution in [0.4, 0.5) is 0 Å². The molecule has 1 heterocycles. The van der Waals surface area contributed by atoms with Gasteiger partial charge in [0.05, 0.1) is 18.9 Å². The molecule has 2 N–H and O–H groups in total. The first-order valence-corrected chi connectivity index (χ1v) is 3.41. The Balaban J connectivity index is 2.81. The van der Waals surface area contributed by atoms with E-state index in [9.17, 15) is 4.79 Å². The summed E-state index contributed by atoms with van der Waals surface area (Å²) >= 11 is 0. The smallest absolute Gasteiger partial charge is 0.298 e. The van der Waals surface area contributed by atoms with Crippen molar-refractivity contribution in [1.29, 1.82) is 0 Å². The molecule has 0 saturated heterocycles. The van der Waals surface area contributed by atoms with Crippen LogP contribution < -0.4 is 0 Å². The van der Waals surface area contributed by atoms with Crippen molar-refractivity contribution in [2.75, 3.05) is 13.2 Å². The molecule has 0 bridgehead atoms. The SMILES string of the molecule is CC1=NN(CCO)C(=O)C1=NO. The van der Waals surface area contributed by atoms with E-state index in [1.54, 1.807) is 6.92 Å². The summed E-state index contributed by atoms with van der Waals surface area (Å²) in [5, 5.41) is 24.5. The standard InChI is InChI=1S/C6H9N3O3/c1-4-5(8-12)6(11)9(7-4)2-3-10/h10,12H,2-3H2,1H3. The molecule has 1 amide bonds. The van der Waals surface area contributed by atoms with Crippen molar-refractivity contribution in [3.05, 3.63) is 0 Å². The van der Waals surface area contributed by atoms with Gasteiger partial charge in [-0.25, -0.2) is 5.01 Å². The summed E-state index contributed by atoms with van der Waals surface area (Å²) in [7, 11) is 0. The number of oxime groups is 1. The van der Waals surface area contributed by atoms with E-state index in [2.05, 4.69) is 10.3 Å². The minimum absolute atomic E-state index is 0.0662. The van der Waals surface area contributed by atoms with Gasteiger partial charge in [0.1, 0.15) is 0 Å². The number of carbonyl (C=O) groups is 1. The third-order valence-corrected chi connectivity index (χ3v) is 1.46. The summed E-state index contributed by atoms with van der Waals surface area (Å²) < 4.78 is 0. The second kappa shape index (κ2) is 3.31. The number of β-amino-alcohol motifs (C(OH)–C–C–N with tert-alkyl or cyclic N) is 1. The van der Waals surface area contributed by atoms with Gasteiger partial charge in [-0.15, -0.1) is 0 Å². The van der Waals surface area contributed by atoms with Crippen LogP contribution in [-0.2, 0) is 4.79 Å². The predicted molar refractivity (Wildman–Crippen MR) is 41.1 cm³/mol. The number of hydrogen-bond donors (Lipinski definition) is 2. The maximum absolute atomic E-state index is 11.1. The monoisotopic (exact) mass is 171 g/mol. The summed E-state index contributed by atoms with van der Waals surface area (Å²) in [6.07, 6.45) is 0. The molecule has 12 heavy (non-hydrogen) atoms. The molecule has 0 fully saturated rings. The van der Waals surface area contributed by atoms with Gasteiger partial charge in [0, 0.05) is 0 Å². The molecule has 0 spiro atoms. The van der Waals surface area contributed by atoms with Crippen LogP contribution in [0.5, 0.6) is 0 Å². The predicted octanol–water partition coefficient (Wildman–Crippen LogP) is -0.973. The number of nitrogens with zero attached hydrogens (tertiary/aromatic N) is 3. The molecule has 0 atom stereocenters. The van der Waals surface area contributed by atoms with E-state index < -0.39 is 5.91 Å². The maximum Gasteiger partial charge on any atom is 0.298 e. The number of amides is 1. The van der Waals surface area contributed by atoms with Gasteiger partial charge in [-0.3, -0.25) is 4.79 Å². The van der Waals surface area contributed by atoms with Crippen molar-refractivity contribution in [3.63, 3.8) is 0 Å². The zero-order valence-corrected chi connectivity index (χ0v) is 6.56. The molecule has 0 saturated carbocycles. The first-order valence-electron chi connectivity index (χ1n) is 3.41. The molecule has 1 aliphatic heterocycles. The summed E-state index contributed by atoms with van der Waals surface area (Å²) in [6.45, 7) is 1.51. The van der Waals surface area contributed by atoms with Crippen LogP contribution >= 0.6 is 0 Å². The van der Waals surface area contributed by atoms with Crippen LogP contribution in [0.15, 0.2) is 10.3 Å². The topological polar surface area (TPSA) is 85.5 Å². The highest BCUT2D eigenvalue weighted by Gasteiger charge is 2.29. The number of rotatable bonds is 2. The Labute approximate surface area is 68.8 Å². The van der Waals surface area contributed by atoms with E-state index in [1.807, 2.05) is 0 Å². The molecule has 0 aromatic carbocycles. The molecule has 1 rings (SSSR count). The zero-order valence-electron chi connectivity index (χ0n) is 6.56. The highest BCUT2D eigenvalue weighted by atomic mass is 16.4. The van der Waals surface area contributed by atoms with E-state index in [-0.39, 0.29) is 18.9 Å². The van der Waals surface area contributed by atoms with E-state index in [0.29, 0.717) is 5.71 Å². The molecule has 66 valence electrons. The zero-order chi connectivity index (χ0) is 9.14. The van der Waals surface area contributed by atoms with Crippen molar-refractivity contribution in [3.8, 4) is 0 Å². The largest absolute Gasteiger partial charge is 0.410 e. The summed E-state index contributed by atoms with van der Waals surface area (Å²) in [5.74, 6) is -0.482. The van der Waals surface area contributed by atoms with Gasteiger partial charge >= 0.3 is 0 Å². The van der Waals surface area contributed by atoms with E-state index in [0.717, 1.165) is 5.01 Å². The van der Waals surface area contributed by atoms with E-state index in [4.69, 9.17) is 10.3 Å². The highest BCUT2D eigenvalue weighted by molar-refractivity contribution is 6.68. The molecule has 0 aliphatic carbocycles. The third-order valence-electron chi connectivity index (χ3n) is 1.46. The molecular weight excluding hydrogens is 162 g/mol. The van der Waals surface area contributed by atoms with Gasteiger partial charge < -0.3 is 10.3 Å². The van der Waals surface area contributed by atoms with Crippen LogP contribution in [-0.4, -0.2) is 45.8 Å². The van der Waals surface area contributed by atoms with Crippen LogP contribution in [0.2, 0.25) is 0 Å². The van der Waals surface area contributed by atoms with Crippen LogP contribution in [0.25, 0.3) is 0 Å². The lowest BCUT2D eigenvalue weighted by Crippen LogP contribution is -2.29. The van der Waals surface area contributed by atoms with E-state index in [1.165, 1.54) is 0 Å². The molecule has 0 unspecified atom stereocenters. The highest BCUT2D eigenvalue weighted by Crippen LogP contribution is 2.04. The van der Waals surface area contributed by atoms with Crippen LogP contribution in [0.3, 0.4) is 0 Å². The Bertz CT molecular complexity index is 259. The molecule has 1 aliphatic rings. The Morgan fingerprint density at radius 2 is 2.33 bits per heavy atom. The van der Waals surface area contributed by atoms with Gasteiger partial charge in [0.15, 0.2) is 5.71 Å². The lowest BCUT2D eigenvalue weighted by atomic mass is 10.2. The second-order valence-electron chi connectivity index (χ2n) is 2.29. The van der Waals surface area contributed by atoms with Crippen molar-refractivity contribution in [1.82, 2.24) is 5.01 Å². The number of aliphatic hydroxyl groups excluding tert-OH is 1. The van der Waals surface area contributed by atoms with Gasteiger partial charge in [-0.05, 0) is 6.92 Å². The normalized spacial score (nSPS) is 20.5. The first kappa shape index (κ1) is 8.66. The Morgan fingerprint density at radius 3 is 2.75 bits per heavy atom. The van der Waals surface area contributed by atoms with Crippen LogP contribution in [0.1, 0.15) is 6.92 Å². The fourth-order valence-electron chi connectivity index (χ4n) is 0.912. The van der Waals surface area contributed by atoms with Crippen molar-refractivity contribution >= 4 is 17.3 Å². The fraction of sp³-hybridized carbons (Fsp3) is 0.500. The van der Waals surface area contributed by atoms with Crippen molar-refractivity contribution < 1.29 is 15.1 Å². The number of hydrogen-bond acceptors (Lipinski definition) is 5. The summed E-state index contributed by atoms with van der Waals surface area (Å²) in [6, 6.07) is 0. The average molecular weight is 171 g/mol. The summed E-state index contributed by atoms with van der Waals surface area (Å²) in [4.78, 5) is 11.1. The Kier molecular flexibility index (Phi) is 2.39. The second-order valence-corrected chi connectivity index (χ2v) is 2.29. The minimum atomic E-state index is -0.482. The summed E-state index contributed by atoms with van der Waals surface area (Å²) in [5.41, 5.74) is 0.291. The lowest BCUT2D eigenvalue weighted by Gasteiger charge is -2.07. The van der Waals surface area contributed by atoms with E-state index >= 15 is 0 Å². The van der Waals surface area contributed by atoms with Gasteiger partial charge in [-0.2, -0.15) is 5.10 Å².